The van der Waals surface area contributed by atoms with Crippen molar-refractivity contribution in [2.75, 3.05) is 6.61 Å². The van der Waals surface area contributed by atoms with Gasteiger partial charge in [0.05, 0.1) is 12.2 Å². The van der Waals surface area contributed by atoms with Crippen molar-refractivity contribution in [1.82, 2.24) is 0 Å². The minimum atomic E-state index is 0.188. The zero-order valence-corrected chi connectivity index (χ0v) is 18.7. The third-order valence-electron chi connectivity index (χ3n) is 5.01. The molecule has 0 spiro atoms. The zero-order chi connectivity index (χ0) is 20.3. The van der Waals surface area contributed by atoms with E-state index >= 15 is 0 Å². The van der Waals surface area contributed by atoms with E-state index in [0.29, 0.717) is 17.2 Å². The molecular weight excluding hydrogens is 364 g/mol. The number of ether oxygens (including phenoxy) is 1. The molecule has 0 fully saturated rings. The van der Waals surface area contributed by atoms with E-state index < -0.39 is 0 Å². The van der Waals surface area contributed by atoms with E-state index in [1.54, 1.807) is 18.2 Å². The van der Waals surface area contributed by atoms with Crippen LogP contribution in [0.4, 0.5) is 0 Å². The lowest BCUT2D eigenvalue weighted by molar-refractivity contribution is 0.299. The highest BCUT2D eigenvalue weighted by molar-refractivity contribution is 7.80. The molecule has 0 aliphatic carbocycles. The van der Waals surface area contributed by atoms with Gasteiger partial charge < -0.3 is 9.84 Å². The molecule has 0 heterocycles. The van der Waals surface area contributed by atoms with Crippen LogP contribution >= 0.6 is 12.2 Å². The molecule has 158 valence electrons. The van der Waals surface area contributed by atoms with Crippen molar-refractivity contribution in [2.24, 2.45) is 0 Å². The standard InChI is InChI=1S/C25H40O2S/c1-2-3-4-5-6-7-8-9-10-11-12-13-14-15-16-19-22-27-25(28)23-20-17-18-21-24(23)26/h9-10,17-18,20-21,26H,2-8,11-16,19,22H2,1H3. The number of benzene rings is 1. The average Bonchev–Trinajstić information content (AvgIpc) is 2.70. The summed E-state index contributed by atoms with van der Waals surface area (Å²) in [4.78, 5) is 0. The highest BCUT2D eigenvalue weighted by Gasteiger charge is 2.06. The van der Waals surface area contributed by atoms with Gasteiger partial charge in [-0.25, -0.2) is 0 Å². The molecule has 0 aliphatic heterocycles. The lowest BCUT2D eigenvalue weighted by atomic mass is 10.1. The second-order valence-electron chi connectivity index (χ2n) is 7.59. The van der Waals surface area contributed by atoms with Gasteiger partial charge in [-0.05, 0) is 56.5 Å². The lowest BCUT2D eigenvalue weighted by Gasteiger charge is -2.08. The number of hydrogen-bond donors (Lipinski definition) is 1. The van der Waals surface area contributed by atoms with Gasteiger partial charge in [-0.2, -0.15) is 0 Å². The van der Waals surface area contributed by atoms with E-state index in [2.05, 4.69) is 19.1 Å². The lowest BCUT2D eigenvalue weighted by Crippen LogP contribution is -2.05. The highest BCUT2D eigenvalue weighted by atomic mass is 32.1. The third-order valence-corrected chi connectivity index (χ3v) is 5.35. The van der Waals surface area contributed by atoms with Gasteiger partial charge in [0.15, 0.2) is 5.05 Å². The number of hydrogen-bond acceptors (Lipinski definition) is 3. The van der Waals surface area contributed by atoms with Crippen molar-refractivity contribution in [3.63, 3.8) is 0 Å². The number of rotatable bonds is 17. The number of unbranched alkanes of at least 4 members (excludes halogenated alkanes) is 12. The van der Waals surface area contributed by atoms with Gasteiger partial charge >= 0.3 is 0 Å². The summed E-state index contributed by atoms with van der Waals surface area (Å²) in [6.45, 7) is 2.90. The van der Waals surface area contributed by atoms with E-state index in [-0.39, 0.29) is 5.75 Å². The van der Waals surface area contributed by atoms with E-state index in [1.165, 1.54) is 83.5 Å². The molecule has 1 aromatic rings. The zero-order valence-electron chi connectivity index (χ0n) is 17.8. The van der Waals surface area contributed by atoms with Gasteiger partial charge in [-0.15, -0.1) is 0 Å². The Hall–Kier alpha value is -1.35. The molecule has 0 amide bonds. The van der Waals surface area contributed by atoms with Crippen molar-refractivity contribution < 1.29 is 9.84 Å². The van der Waals surface area contributed by atoms with Gasteiger partial charge in [-0.3, -0.25) is 0 Å². The summed E-state index contributed by atoms with van der Waals surface area (Å²) in [5.41, 5.74) is 0.613. The van der Waals surface area contributed by atoms with E-state index in [4.69, 9.17) is 17.0 Å². The second kappa shape index (κ2) is 17.7. The summed E-state index contributed by atoms with van der Waals surface area (Å²) in [5, 5.41) is 10.1. The van der Waals surface area contributed by atoms with Crippen LogP contribution in [-0.4, -0.2) is 16.8 Å². The quantitative estimate of drug-likeness (QED) is 0.161. The van der Waals surface area contributed by atoms with E-state index in [9.17, 15) is 5.11 Å². The number of phenols is 1. The first kappa shape index (κ1) is 24.7. The summed E-state index contributed by atoms with van der Waals surface area (Å²) >= 11 is 5.23. The Morgan fingerprint density at radius 3 is 1.96 bits per heavy atom. The highest BCUT2D eigenvalue weighted by Crippen LogP contribution is 2.17. The van der Waals surface area contributed by atoms with Gasteiger partial charge in [-0.1, -0.05) is 89.0 Å². The summed E-state index contributed by atoms with van der Waals surface area (Å²) in [6.07, 6.45) is 22.9. The van der Waals surface area contributed by atoms with E-state index in [1.807, 2.05) is 6.07 Å². The van der Waals surface area contributed by atoms with Crippen LogP contribution in [0.15, 0.2) is 36.4 Å². The van der Waals surface area contributed by atoms with Crippen LogP contribution in [0.5, 0.6) is 5.75 Å². The summed E-state index contributed by atoms with van der Waals surface area (Å²) in [6, 6.07) is 7.07. The monoisotopic (exact) mass is 404 g/mol. The van der Waals surface area contributed by atoms with Gasteiger partial charge in [0.2, 0.25) is 0 Å². The normalized spacial score (nSPS) is 11.2. The second-order valence-corrected chi connectivity index (χ2v) is 7.96. The Labute approximate surface area is 178 Å². The molecule has 0 atom stereocenters. The van der Waals surface area contributed by atoms with Crippen molar-refractivity contribution in [2.45, 2.75) is 96.8 Å². The Balaban J connectivity index is 1.85. The predicted molar refractivity (Wildman–Crippen MR) is 125 cm³/mol. The van der Waals surface area contributed by atoms with Gasteiger partial charge in [0.1, 0.15) is 5.75 Å². The fourth-order valence-corrected chi connectivity index (χ4v) is 3.49. The molecule has 2 nitrogen and oxygen atoms in total. The first-order valence-electron chi connectivity index (χ1n) is 11.4. The van der Waals surface area contributed by atoms with Crippen LogP contribution in [0, 0.1) is 0 Å². The molecule has 1 N–H and O–H groups in total. The van der Waals surface area contributed by atoms with Crippen LogP contribution in [0.3, 0.4) is 0 Å². The van der Waals surface area contributed by atoms with Gasteiger partial charge in [0.25, 0.3) is 0 Å². The van der Waals surface area contributed by atoms with Crippen molar-refractivity contribution in [3.8, 4) is 5.75 Å². The molecule has 0 saturated carbocycles. The minimum Gasteiger partial charge on any atom is -0.507 e. The number of allylic oxidation sites excluding steroid dienone is 2. The summed E-state index contributed by atoms with van der Waals surface area (Å²) < 4.78 is 5.59. The predicted octanol–water partition coefficient (Wildman–Crippen LogP) is 8.12. The first-order valence-corrected chi connectivity index (χ1v) is 11.8. The van der Waals surface area contributed by atoms with Crippen LogP contribution in [-0.2, 0) is 4.74 Å². The van der Waals surface area contributed by atoms with E-state index in [0.717, 1.165) is 6.42 Å². The summed E-state index contributed by atoms with van der Waals surface area (Å²) in [5.74, 6) is 0.188. The molecule has 0 saturated heterocycles. The van der Waals surface area contributed by atoms with Crippen LogP contribution in [0.25, 0.3) is 0 Å². The van der Waals surface area contributed by atoms with Crippen molar-refractivity contribution >= 4 is 17.3 Å². The largest absolute Gasteiger partial charge is 0.507 e. The molecule has 3 heteroatoms. The maximum absolute atomic E-state index is 9.75. The van der Waals surface area contributed by atoms with Crippen LogP contribution in [0.2, 0.25) is 0 Å². The fourth-order valence-electron chi connectivity index (χ4n) is 3.24. The minimum absolute atomic E-state index is 0.188. The fraction of sp³-hybridized carbons (Fsp3) is 0.640. The smallest absolute Gasteiger partial charge is 0.194 e. The SMILES string of the molecule is CCCCCCCCC=CCCCCCCCCOC(=S)c1ccccc1O. The van der Waals surface area contributed by atoms with Crippen molar-refractivity contribution in [1.29, 1.82) is 0 Å². The first-order chi connectivity index (χ1) is 13.8. The molecular formula is C25H40O2S. The molecule has 0 aromatic heterocycles. The number of aromatic hydroxyl groups is 1. The third kappa shape index (κ3) is 12.9. The van der Waals surface area contributed by atoms with Gasteiger partial charge in [0, 0.05) is 0 Å². The molecule has 28 heavy (non-hydrogen) atoms. The molecule has 0 bridgehead atoms. The van der Waals surface area contributed by atoms with Crippen molar-refractivity contribution in [3.05, 3.63) is 42.0 Å². The Morgan fingerprint density at radius 2 is 1.36 bits per heavy atom. The molecule has 0 unspecified atom stereocenters. The number of phenolic OH excluding ortho intramolecular Hbond substituents is 1. The summed E-state index contributed by atoms with van der Waals surface area (Å²) in [7, 11) is 0. The molecule has 1 rings (SSSR count). The molecule has 1 aromatic carbocycles. The van der Waals surface area contributed by atoms with Crippen LogP contribution in [0.1, 0.15) is 102 Å². The topological polar surface area (TPSA) is 29.5 Å². The molecule has 0 radical (unpaired) electrons. The average molecular weight is 405 g/mol. The Bertz CT molecular complexity index is 539. The maximum atomic E-state index is 9.75. The number of thiocarbonyl (C=S) groups is 1. The Morgan fingerprint density at radius 1 is 0.821 bits per heavy atom. The molecule has 0 aliphatic rings. The van der Waals surface area contributed by atoms with Crippen LogP contribution < -0.4 is 0 Å². The number of para-hydroxylation sites is 1. The Kier molecular flexibility index (Phi) is 15.6. The maximum Gasteiger partial charge on any atom is 0.194 e.